The van der Waals surface area contributed by atoms with Gasteiger partial charge in [-0.2, -0.15) is 5.10 Å². The maximum Gasteiger partial charge on any atom is 0.282 e. The van der Waals surface area contributed by atoms with E-state index in [4.69, 9.17) is 0 Å². The van der Waals surface area contributed by atoms with E-state index in [1.165, 1.54) is 7.05 Å². The zero-order valence-electron chi connectivity index (χ0n) is 13.6. The normalized spacial score (nSPS) is 11.3. The van der Waals surface area contributed by atoms with E-state index in [2.05, 4.69) is 15.4 Å². The highest BCUT2D eigenvalue weighted by Crippen LogP contribution is 2.26. The molecule has 0 fully saturated rings. The highest BCUT2D eigenvalue weighted by Gasteiger charge is 2.19. The number of fused-ring (bicyclic) bond motifs is 1. The fourth-order valence-corrected chi connectivity index (χ4v) is 2.69. The number of amides is 1. The van der Waals surface area contributed by atoms with Crippen LogP contribution >= 0.6 is 0 Å². The Morgan fingerprint density at radius 1 is 1.36 bits per heavy atom. The number of para-hydroxylation sites is 1. The van der Waals surface area contributed by atoms with Gasteiger partial charge in [-0.15, -0.1) is 0 Å². The Balaban J connectivity index is 2.01. The minimum Gasteiger partial charge on any atom is -0.392 e. The number of pyridine rings is 1. The van der Waals surface area contributed by atoms with Crippen molar-refractivity contribution in [3.8, 4) is 0 Å². The number of aliphatic hydroxyl groups excluding tert-OH is 1. The van der Waals surface area contributed by atoms with Gasteiger partial charge in [0, 0.05) is 18.1 Å². The Morgan fingerprint density at radius 3 is 2.76 bits per heavy atom. The van der Waals surface area contributed by atoms with Gasteiger partial charge in [0.15, 0.2) is 0 Å². The summed E-state index contributed by atoms with van der Waals surface area (Å²) < 4.78 is 26.6. The predicted octanol–water partition coefficient (Wildman–Crippen LogP) is 2.96. The molecular formula is C17H16F2N4O2. The van der Waals surface area contributed by atoms with E-state index in [9.17, 15) is 18.7 Å². The molecular weight excluding hydrogens is 330 g/mol. The second-order valence-electron chi connectivity index (χ2n) is 5.62. The average molecular weight is 346 g/mol. The number of aryl methyl sites for hydroxylation is 2. The molecule has 2 heterocycles. The van der Waals surface area contributed by atoms with E-state index in [0.717, 1.165) is 10.7 Å². The third-order valence-corrected chi connectivity index (χ3v) is 3.83. The highest BCUT2D eigenvalue weighted by atomic mass is 19.3. The SMILES string of the molecule is Cc1cc(CO)c2cccc(NC(=O)c3cc(C(F)F)nn3C)c2n1. The van der Waals surface area contributed by atoms with E-state index in [0.29, 0.717) is 27.8 Å². The molecule has 0 spiro atoms. The van der Waals surface area contributed by atoms with Gasteiger partial charge in [0.05, 0.1) is 17.8 Å². The summed E-state index contributed by atoms with van der Waals surface area (Å²) in [5.41, 5.74) is 1.90. The van der Waals surface area contributed by atoms with Crippen LogP contribution < -0.4 is 5.32 Å². The Morgan fingerprint density at radius 2 is 2.12 bits per heavy atom. The van der Waals surface area contributed by atoms with Gasteiger partial charge in [-0.3, -0.25) is 14.5 Å². The molecule has 130 valence electrons. The molecule has 1 amide bonds. The first-order valence-electron chi connectivity index (χ1n) is 7.54. The van der Waals surface area contributed by atoms with E-state index < -0.39 is 18.0 Å². The van der Waals surface area contributed by atoms with Crippen molar-refractivity contribution in [3.05, 3.63) is 53.0 Å². The Hall–Kier alpha value is -2.87. The Bertz CT molecular complexity index is 953. The number of anilines is 1. The number of halogens is 2. The molecule has 2 N–H and O–H groups in total. The van der Waals surface area contributed by atoms with Crippen molar-refractivity contribution in [1.29, 1.82) is 0 Å². The summed E-state index contributed by atoms with van der Waals surface area (Å²) in [6.45, 7) is 1.63. The summed E-state index contributed by atoms with van der Waals surface area (Å²) >= 11 is 0. The number of hydrogen-bond donors (Lipinski definition) is 2. The number of aromatic nitrogens is 3. The highest BCUT2D eigenvalue weighted by molar-refractivity contribution is 6.07. The molecule has 6 nitrogen and oxygen atoms in total. The van der Waals surface area contributed by atoms with Crippen LogP contribution in [0.25, 0.3) is 10.9 Å². The zero-order chi connectivity index (χ0) is 18.1. The van der Waals surface area contributed by atoms with Gasteiger partial charge in [-0.25, -0.2) is 8.78 Å². The van der Waals surface area contributed by atoms with Gasteiger partial charge in [-0.1, -0.05) is 12.1 Å². The van der Waals surface area contributed by atoms with Crippen LogP contribution in [0.5, 0.6) is 0 Å². The molecule has 0 saturated carbocycles. The monoisotopic (exact) mass is 346 g/mol. The number of nitrogens with one attached hydrogen (secondary N) is 1. The van der Waals surface area contributed by atoms with Crippen LogP contribution in [0.15, 0.2) is 30.3 Å². The van der Waals surface area contributed by atoms with Crippen LogP contribution in [0.4, 0.5) is 14.5 Å². The number of benzene rings is 1. The third-order valence-electron chi connectivity index (χ3n) is 3.83. The van der Waals surface area contributed by atoms with Crippen LogP contribution in [0.1, 0.15) is 33.9 Å². The predicted molar refractivity (Wildman–Crippen MR) is 88.5 cm³/mol. The number of alkyl halides is 2. The van der Waals surface area contributed by atoms with Gasteiger partial charge < -0.3 is 10.4 Å². The molecule has 3 rings (SSSR count). The lowest BCUT2D eigenvalue weighted by molar-refractivity contribution is 0.101. The molecule has 0 aliphatic rings. The Kier molecular flexibility index (Phi) is 4.45. The molecule has 0 radical (unpaired) electrons. The molecule has 0 aliphatic carbocycles. The standard InChI is InChI=1S/C17H16F2N4O2/c1-9-6-10(8-24)11-4-3-5-12(15(11)20-9)21-17(25)14-7-13(16(18)19)22-23(14)2/h3-7,16,24H,8H2,1-2H3,(H,21,25). The van der Waals surface area contributed by atoms with E-state index in [1.54, 1.807) is 31.2 Å². The minimum absolute atomic E-state index is 0.0161. The first kappa shape index (κ1) is 17.0. The molecule has 8 heteroatoms. The first-order chi connectivity index (χ1) is 11.9. The van der Waals surface area contributed by atoms with Gasteiger partial charge in [0.25, 0.3) is 12.3 Å². The van der Waals surface area contributed by atoms with Crippen LogP contribution in [0, 0.1) is 6.92 Å². The molecule has 25 heavy (non-hydrogen) atoms. The smallest absolute Gasteiger partial charge is 0.282 e. The lowest BCUT2D eigenvalue weighted by atomic mass is 10.1. The number of rotatable bonds is 4. The molecule has 0 saturated heterocycles. The minimum atomic E-state index is -2.75. The number of nitrogens with zero attached hydrogens (tertiary/aromatic N) is 3. The summed E-state index contributed by atoms with van der Waals surface area (Å²) in [4.78, 5) is 16.9. The van der Waals surface area contributed by atoms with Crippen molar-refractivity contribution in [2.24, 2.45) is 7.05 Å². The topological polar surface area (TPSA) is 80.0 Å². The number of carbonyl (C=O) groups excluding carboxylic acids is 1. The van der Waals surface area contributed by atoms with Crippen molar-refractivity contribution in [2.75, 3.05) is 5.32 Å². The van der Waals surface area contributed by atoms with Gasteiger partial charge in [-0.05, 0) is 30.7 Å². The van der Waals surface area contributed by atoms with Crippen LogP contribution in [0.3, 0.4) is 0 Å². The molecule has 0 bridgehead atoms. The molecule has 0 unspecified atom stereocenters. The average Bonchev–Trinajstić information content (AvgIpc) is 2.97. The van der Waals surface area contributed by atoms with E-state index in [1.807, 2.05) is 0 Å². The lowest BCUT2D eigenvalue weighted by Crippen LogP contribution is -2.16. The van der Waals surface area contributed by atoms with Crippen molar-refractivity contribution >= 4 is 22.5 Å². The van der Waals surface area contributed by atoms with Crippen molar-refractivity contribution in [2.45, 2.75) is 20.0 Å². The second kappa shape index (κ2) is 6.56. The second-order valence-corrected chi connectivity index (χ2v) is 5.62. The first-order valence-corrected chi connectivity index (χ1v) is 7.54. The molecule has 0 atom stereocenters. The van der Waals surface area contributed by atoms with E-state index >= 15 is 0 Å². The molecule has 0 aliphatic heterocycles. The van der Waals surface area contributed by atoms with Gasteiger partial charge in [0.1, 0.15) is 11.4 Å². The van der Waals surface area contributed by atoms with E-state index in [-0.39, 0.29) is 12.3 Å². The number of hydrogen-bond acceptors (Lipinski definition) is 4. The quantitative estimate of drug-likeness (QED) is 0.761. The molecule has 2 aromatic heterocycles. The maximum absolute atomic E-state index is 12.7. The van der Waals surface area contributed by atoms with Crippen molar-refractivity contribution < 1.29 is 18.7 Å². The van der Waals surface area contributed by atoms with Crippen molar-refractivity contribution in [1.82, 2.24) is 14.8 Å². The lowest BCUT2D eigenvalue weighted by Gasteiger charge is -2.11. The van der Waals surface area contributed by atoms with Gasteiger partial charge in [0.2, 0.25) is 0 Å². The van der Waals surface area contributed by atoms with Crippen LogP contribution in [-0.4, -0.2) is 25.8 Å². The summed E-state index contributed by atoms with van der Waals surface area (Å²) in [6.07, 6.45) is -2.75. The van der Waals surface area contributed by atoms with Crippen molar-refractivity contribution in [3.63, 3.8) is 0 Å². The molecule has 3 aromatic rings. The fourth-order valence-electron chi connectivity index (χ4n) is 2.69. The summed E-state index contributed by atoms with van der Waals surface area (Å²) in [5, 5.41) is 16.5. The summed E-state index contributed by atoms with van der Waals surface area (Å²) in [7, 11) is 1.43. The largest absolute Gasteiger partial charge is 0.392 e. The number of aliphatic hydroxyl groups is 1. The Labute approximate surface area is 142 Å². The maximum atomic E-state index is 12.7. The fraction of sp³-hybridized carbons (Fsp3) is 0.235. The molecule has 1 aromatic carbocycles. The zero-order valence-corrected chi connectivity index (χ0v) is 13.6. The summed E-state index contributed by atoms with van der Waals surface area (Å²) in [5.74, 6) is -0.566. The van der Waals surface area contributed by atoms with Crippen LogP contribution in [0.2, 0.25) is 0 Å². The third kappa shape index (κ3) is 3.20. The van der Waals surface area contributed by atoms with Gasteiger partial charge >= 0.3 is 0 Å². The summed E-state index contributed by atoms with van der Waals surface area (Å²) in [6, 6.07) is 8.01. The van der Waals surface area contributed by atoms with Crippen LogP contribution in [-0.2, 0) is 13.7 Å². The number of carbonyl (C=O) groups is 1.